The van der Waals surface area contributed by atoms with Crippen LogP contribution < -0.4 is 0 Å². The third kappa shape index (κ3) is 4.51. The van der Waals surface area contributed by atoms with E-state index in [1.165, 1.54) is 12.3 Å². The predicted octanol–water partition coefficient (Wildman–Crippen LogP) is 4.09. The summed E-state index contributed by atoms with van der Waals surface area (Å²) in [5.41, 5.74) is 1.37. The number of carbonyl (C=O) groups excluding carboxylic acids is 1. The van der Waals surface area contributed by atoms with Gasteiger partial charge in [-0.15, -0.1) is 10.2 Å². The molecule has 0 N–H and O–H groups in total. The van der Waals surface area contributed by atoms with Crippen LogP contribution in [0.2, 0.25) is 0 Å². The highest BCUT2D eigenvalue weighted by molar-refractivity contribution is 7.99. The highest BCUT2D eigenvalue weighted by Gasteiger charge is 2.22. The van der Waals surface area contributed by atoms with E-state index < -0.39 is 4.92 Å². The van der Waals surface area contributed by atoms with E-state index in [0.29, 0.717) is 16.5 Å². The molecule has 0 aliphatic heterocycles. The van der Waals surface area contributed by atoms with Gasteiger partial charge in [0, 0.05) is 31.3 Å². The molecule has 0 bridgehead atoms. The first-order valence-corrected chi connectivity index (χ1v) is 10.2. The van der Waals surface area contributed by atoms with Gasteiger partial charge in [-0.25, -0.2) is 0 Å². The van der Waals surface area contributed by atoms with E-state index in [1.54, 1.807) is 30.3 Å². The van der Waals surface area contributed by atoms with Gasteiger partial charge in [0.15, 0.2) is 5.16 Å². The smallest absolute Gasteiger partial charge is 0.284 e. The summed E-state index contributed by atoms with van der Waals surface area (Å²) in [6.45, 7) is 0. The van der Waals surface area contributed by atoms with Crippen LogP contribution in [0, 0.1) is 10.1 Å². The standard InChI is InChI=1S/C22H17N5O3S/c1-26-20(13-15-7-3-2-4-8-15)24-25-22(26)31-19-11-10-16(14-18(19)27(29)30)21(28)17-9-5-6-12-23-17/h2-12,14H,13H2,1H3. The molecule has 2 aromatic heterocycles. The Balaban J connectivity index is 1.60. The van der Waals surface area contributed by atoms with Crippen LogP contribution in [0.25, 0.3) is 0 Å². The van der Waals surface area contributed by atoms with E-state index in [1.807, 2.05) is 41.9 Å². The molecule has 154 valence electrons. The van der Waals surface area contributed by atoms with Crippen LogP contribution in [0.3, 0.4) is 0 Å². The lowest BCUT2D eigenvalue weighted by Gasteiger charge is -2.06. The summed E-state index contributed by atoms with van der Waals surface area (Å²) in [6.07, 6.45) is 2.11. The van der Waals surface area contributed by atoms with E-state index in [9.17, 15) is 14.9 Å². The van der Waals surface area contributed by atoms with Gasteiger partial charge in [0.05, 0.1) is 9.82 Å². The molecule has 2 heterocycles. The molecule has 0 amide bonds. The van der Waals surface area contributed by atoms with Crippen LogP contribution in [-0.4, -0.2) is 30.5 Å². The molecule has 0 radical (unpaired) electrons. The summed E-state index contributed by atoms with van der Waals surface area (Å²) in [5.74, 6) is 0.377. The molecule has 0 unspecified atom stereocenters. The minimum atomic E-state index is -0.501. The zero-order valence-corrected chi connectivity index (χ0v) is 17.3. The van der Waals surface area contributed by atoms with Gasteiger partial charge in [-0.1, -0.05) is 36.4 Å². The average Bonchev–Trinajstić information content (AvgIpc) is 3.13. The normalized spacial score (nSPS) is 10.7. The molecule has 0 atom stereocenters. The number of rotatable bonds is 7. The first-order chi connectivity index (χ1) is 15.0. The maximum Gasteiger partial charge on any atom is 0.284 e. The number of pyridine rings is 1. The lowest BCUT2D eigenvalue weighted by Crippen LogP contribution is -2.05. The Kier molecular flexibility index (Phi) is 5.85. The SMILES string of the molecule is Cn1c(Cc2ccccc2)nnc1Sc1ccc(C(=O)c2ccccn2)cc1[N+](=O)[O-]. The number of nitro benzene ring substituents is 1. The van der Waals surface area contributed by atoms with Gasteiger partial charge in [-0.3, -0.25) is 19.9 Å². The molecule has 4 aromatic rings. The Morgan fingerprint density at radius 3 is 2.55 bits per heavy atom. The Bertz CT molecular complexity index is 1240. The maximum atomic E-state index is 12.6. The molecule has 0 saturated carbocycles. The molecular formula is C22H17N5O3S. The summed E-state index contributed by atoms with van der Waals surface area (Å²) in [5, 5.41) is 20.6. The summed E-state index contributed by atoms with van der Waals surface area (Å²) in [4.78, 5) is 28.2. The van der Waals surface area contributed by atoms with Crippen molar-refractivity contribution in [2.24, 2.45) is 7.05 Å². The van der Waals surface area contributed by atoms with Crippen molar-refractivity contribution >= 4 is 23.2 Å². The number of aromatic nitrogens is 4. The molecule has 0 aliphatic rings. The summed E-state index contributed by atoms with van der Waals surface area (Å²) >= 11 is 1.14. The molecule has 2 aromatic carbocycles. The third-order valence-electron chi connectivity index (χ3n) is 4.65. The lowest BCUT2D eigenvalue weighted by molar-refractivity contribution is -0.387. The van der Waals surface area contributed by atoms with Gasteiger partial charge in [-0.2, -0.15) is 0 Å². The molecule has 9 heteroatoms. The Morgan fingerprint density at radius 2 is 1.84 bits per heavy atom. The molecule has 4 rings (SSSR count). The number of nitrogens with zero attached hydrogens (tertiary/aromatic N) is 5. The fraction of sp³-hybridized carbons (Fsp3) is 0.0909. The summed E-state index contributed by atoms with van der Waals surface area (Å²) in [7, 11) is 1.82. The monoisotopic (exact) mass is 431 g/mol. The maximum absolute atomic E-state index is 12.6. The molecule has 0 fully saturated rings. The van der Waals surface area contributed by atoms with Crippen molar-refractivity contribution in [2.75, 3.05) is 0 Å². The van der Waals surface area contributed by atoms with Crippen molar-refractivity contribution in [1.29, 1.82) is 0 Å². The van der Waals surface area contributed by atoms with Crippen molar-refractivity contribution in [1.82, 2.24) is 19.7 Å². The minimum absolute atomic E-state index is 0.167. The van der Waals surface area contributed by atoms with Crippen molar-refractivity contribution in [3.8, 4) is 0 Å². The highest BCUT2D eigenvalue weighted by atomic mass is 32.2. The number of hydrogen-bond acceptors (Lipinski definition) is 7. The fourth-order valence-corrected chi connectivity index (χ4v) is 3.89. The van der Waals surface area contributed by atoms with Crippen LogP contribution in [0.4, 0.5) is 5.69 Å². The van der Waals surface area contributed by atoms with E-state index in [0.717, 1.165) is 23.1 Å². The van der Waals surface area contributed by atoms with Gasteiger partial charge in [-0.05, 0) is 41.6 Å². The Hall–Kier alpha value is -3.85. The Morgan fingerprint density at radius 1 is 1.06 bits per heavy atom. The van der Waals surface area contributed by atoms with Crippen LogP contribution in [-0.2, 0) is 13.5 Å². The number of hydrogen-bond donors (Lipinski definition) is 0. The first-order valence-electron chi connectivity index (χ1n) is 9.37. The zero-order valence-electron chi connectivity index (χ0n) is 16.5. The number of ketones is 1. The predicted molar refractivity (Wildman–Crippen MR) is 115 cm³/mol. The average molecular weight is 431 g/mol. The molecule has 31 heavy (non-hydrogen) atoms. The van der Waals surface area contributed by atoms with Crippen LogP contribution in [0.5, 0.6) is 0 Å². The van der Waals surface area contributed by atoms with Crippen molar-refractivity contribution < 1.29 is 9.72 Å². The van der Waals surface area contributed by atoms with Crippen molar-refractivity contribution in [2.45, 2.75) is 16.5 Å². The van der Waals surface area contributed by atoms with Gasteiger partial charge >= 0.3 is 0 Å². The van der Waals surface area contributed by atoms with Crippen molar-refractivity contribution in [3.05, 3.63) is 106 Å². The lowest BCUT2D eigenvalue weighted by atomic mass is 10.1. The molecule has 0 saturated heterocycles. The van der Waals surface area contributed by atoms with Crippen molar-refractivity contribution in [3.63, 3.8) is 0 Å². The quantitative estimate of drug-likeness (QED) is 0.247. The number of benzene rings is 2. The van der Waals surface area contributed by atoms with E-state index >= 15 is 0 Å². The molecular weight excluding hydrogens is 414 g/mol. The van der Waals surface area contributed by atoms with E-state index in [-0.39, 0.29) is 22.7 Å². The molecule has 8 nitrogen and oxygen atoms in total. The minimum Gasteiger partial charge on any atom is -0.309 e. The van der Waals surface area contributed by atoms with Crippen LogP contribution >= 0.6 is 11.8 Å². The Labute approximate surface area is 182 Å². The molecule has 0 spiro atoms. The van der Waals surface area contributed by atoms with Gasteiger partial charge in [0.2, 0.25) is 5.78 Å². The van der Waals surface area contributed by atoms with E-state index in [2.05, 4.69) is 15.2 Å². The number of carbonyl (C=O) groups is 1. The van der Waals surface area contributed by atoms with Gasteiger partial charge in [0.25, 0.3) is 5.69 Å². The topological polar surface area (TPSA) is 104 Å². The first kappa shape index (κ1) is 20.4. The highest BCUT2D eigenvalue weighted by Crippen LogP contribution is 2.35. The van der Waals surface area contributed by atoms with Crippen LogP contribution in [0.1, 0.15) is 27.4 Å². The fourth-order valence-electron chi connectivity index (χ4n) is 3.00. The molecule has 0 aliphatic carbocycles. The number of nitro groups is 1. The second-order valence-corrected chi connectivity index (χ2v) is 7.72. The zero-order chi connectivity index (χ0) is 21.8. The second-order valence-electron chi connectivity index (χ2n) is 6.71. The third-order valence-corrected chi connectivity index (χ3v) is 5.75. The largest absolute Gasteiger partial charge is 0.309 e. The van der Waals surface area contributed by atoms with Gasteiger partial charge in [0.1, 0.15) is 11.5 Å². The second kappa shape index (κ2) is 8.88. The van der Waals surface area contributed by atoms with Gasteiger partial charge < -0.3 is 4.57 Å². The van der Waals surface area contributed by atoms with E-state index in [4.69, 9.17) is 0 Å². The van der Waals surface area contributed by atoms with Crippen LogP contribution in [0.15, 0.2) is 83.0 Å². The summed E-state index contributed by atoms with van der Waals surface area (Å²) < 4.78 is 1.81. The summed E-state index contributed by atoms with van der Waals surface area (Å²) in [6, 6.07) is 19.2.